The highest BCUT2D eigenvalue weighted by Gasteiger charge is 2.40. The van der Waals surface area contributed by atoms with E-state index < -0.39 is 77.9 Å². The maximum Gasteiger partial charge on any atom is 0.328 e. The van der Waals surface area contributed by atoms with Crippen molar-refractivity contribution in [3.63, 3.8) is 0 Å². The van der Waals surface area contributed by atoms with Crippen molar-refractivity contribution >= 4 is 35.5 Å². The summed E-state index contributed by atoms with van der Waals surface area (Å²) < 4.78 is 0. The third-order valence-electron chi connectivity index (χ3n) is 8.49. The van der Waals surface area contributed by atoms with Gasteiger partial charge in [-0.3, -0.25) is 24.0 Å². The number of likely N-dealkylation sites (N-methyl/N-ethyl adjacent to an activating group) is 3. The molecule has 0 saturated carbocycles. The number of amides is 5. The summed E-state index contributed by atoms with van der Waals surface area (Å²) in [7, 11) is 4.36. The summed E-state index contributed by atoms with van der Waals surface area (Å²) in [5.41, 5.74) is 5.90. The minimum Gasteiger partial charge on any atom is -0.480 e. The molecule has 0 aromatic heterocycles. The van der Waals surface area contributed by atoms with Gasteiger partial charge >= 0.3 is 5.97 Å². The molecule has 266 valence electrons. The molecule has 8 atom stereocenters. The Labute approximate surface area is 274 Å². The molecule has 0 bridgehead atoms. The van der Waals surface area contributed by atoms with Crippen LogP contribution in [0.3, 0.4) is 0 Å². The van der Waals surface area contributed by atoms with Gasteiger partial charge < -0.3 is 41.3 Å². The number of carbonyl (C=O) groups is 6. The summed E-state index contributed by atoms with van der Waals surface area (Å²) in [6, 6.07) is -6.36. The topological polar surface area (TPSA) is 203 Å². The fourth-order valence-electron chi connectivity index (χ4n) is 4.94. The first-order valence-electron chi connectivity index (χ1n) is 16.2. The number of carbonyl (C=O) groups excluding carboxylic acids is 5. The van der Waals surface area contributed by atoms with Crippen LogP contribution in [0, 0.1) is 17.8 Å². The van der Waals surface area contributed by atoms with Gasteiger partial charge in [-0.2, -0.15) is 0 Å². The van der Waals surface area contributed by atoms with Gasteiger partial charge in [-0.25, -0.2) is 4.79 Å². The lowest BCUT2D eigenvalue weighted by molar-refractivity contribution is -0.153. The number of nitrogens with one attached hydrogen (secondary N) is 2. The van der Waals surface area contributed by atoms with Crippen LogP contribution < -0.4 is 16.4 Å². The third-order valence-corrected chi connectivity index (χ3v) is 8.49. The van der Waals surface area contributed by atoms with E-state index >= 15 is 0 Å². The Balaban J connectivity index is 6.28. The number of aliphatic hydroxyl groups excluding tert-OH is 1. The van der Waals surface area contributed by atoms with Gasteiger partial charge in [0.2, 0.25) is 29.5 Å². The highest BCUT2D eigenvalue weighted by Crippen LogP contribution is 2.20. The highest BCUT2D eigenvalue weighted by atomic mass is 16.4. The number of aliphatic carboxylic acids is 1. The Bertz CT molecular complexity index is 1050. The first kappa shape index (κ1) is 42.7. The van der Waals surface area contributed by atoms with Crippen LogP contribution in [0.4, 0.5) is 0 Å². The van der Waals surface area contributed by atoms with E-state index in [9.17, 15) is 39.0 Å². The highest BCUT2D eigenvalue weighted by molar-refractivity contribution is 5.96. The molecule has 0 fully saturated rings. The molecule has 14 nitrogen and oxygen atoms in total. The van der Waals surface area contributed by atoms with E-state index in [4.69, 9.17) is 5.73 Å². The normalized spacial score (nSPS) is 16.7. The minimum absolute atomic E-state index is 0.00773. The Hall–Kier alpha value is -3.26. The van der Waals surface area contributed by atoms with E-state index in [0.717, 1.165) is 0 Å². The third kappa shape index (κ3) is 12.2. The van der Waals surface area contributed by atoms with Gasteiger partial charge in [-0.1, -0.05) is 54.9 Å². The van der Waals surface area contributed by atoms with Crippen molar-refractivity contribution in [3.8, 4) is 0 Å². The molecule has 0 aromatic carbocycles. The lowest BCUT2D eigenvalue weighted by Gasteiger charge is -2.38. The van der Waals surface area contributed by atoms with Crippen LogP contribution >= 0.6 is 0 Å². The molecule has 0 spiro atoms. The molecule has 0 unspecified atom stereocenters. The van der Waals surface area contributed by atoms with Gasteiger partial charge in [0, 0.05) is 21.1 Å². The summed E-state index contributed by atoms with van der Waals surface area (Å²) in [6.07, 6.45) is 0.0819. The summed E-state index contributed by atoms with van der Waals surface area (Å²) in [5.74, 6) is -4.45. The van der Waals surface area contributed by atoms with Crippen molar-refractivity contribution < 1.29 is 39.0 Å². The van der Waals surface area contributed by atoms with Gasteiger partial charge in [0.1, 0.15) is 24.2 Å². The van der Waals surface area contributed by atoms with Crippen molar-refractivity contribution in [2.45, 2.75) is 130 Å². The molecule has 0 aromatic rings. The molecule has 0 saturated heterocycles. The largest absolute Gasteiger partial charge is 0.480 e. The minimum atomic E-state index is -1.57. The van der Waals surface area contributed by atoms with Gasteiger partial charge in [0.25, 0.3) is 0 Å². The molecule has 46 heavy (non-hydrogen) atoms. The molecule has 0 aliphatic heterocycles. The molecular formula is C32H60N6O8. The SMILES string of the molecule is CC[C@H](N)C(=O)N[C@H](C(=O)N(C)[C@@H](CC(C)C)C(=O)N(C)[C@@H](C)C(=O)N(C)[C@@H](CC(C)C)C(=O)N[C@H](C(=O)O)[C@@H](C)O)[C@@H](C)CC. The molecule has 0 aliphatic carbocycles. The molecular weight excluding hydrogens is 596 g/mol. The van der Waals surface area contributed by atoms with E-state index in [1.165, 1.54) is 49.7 Å². The van der Waals surface area contributed by atoms with E-state index in [2.05, 4.69) is 10.6 Å². The Kier molecular flexibility index (Phi) is 18.0. The average Bonchev–Trinajstić information content (AvgIpc) is 2.99. The van der Waals surface area contributed by atoms with Crippen LogP contribution in [0.1, 0.15) is 88.0 Å². The van der Waals surface area contributed by atoms with Crippen molar-refractivity contribution in [3.05, 3.63) is 0 Å². The summed E-state index contributed by atoms with van der Waals surface area (Å²) >= 11 is 0. The van der Waals surface area contributed by atoms with Crippen LogP contribution in [0.2, 0.25) is 0 Å². The number of nitrogens with two attached hydrogens (primary N) is 1. The van der Waals surface area contributed by atoms with E-state index in [0.29, 0.717) is 12.8 Å². The summed E-state index contributed by atoms with van der Waals surface area (Å²) in [5, 5.41) is 24.4. The molecule has 6 N–H and O–H groups in total. The predicted molar refractivity (Wildman–Crippen MR) is 175 cm³/mol. The molecule has 0 radical (unpaired) electrons. The molecule has 0 rings (SSSR count). The maximum absolute atomic E-state index is 14.0. The van der Waals surface area contributed by atoms with E-state index in [1.54, 1.807) is 6.92 Å². The molecule has 0 heterocycles. The summed E-state index contributed by atoms with van der Waals surface area (Å²) in [4.78, 5) is 82.7. The number of hydrogen-bond acceptors (Lipinski definition) is 8. The second-order valence-corrected chi connectivity index (χ2v) is 13.3. The maximum atomic E-state index is 14.0. The molecule has 14 heteroatoms. The number of carboxylic acids is 1. The number of carboxylic acid groups (broad SMARTS) is 1. The van der Waals surface area contributed by atoms with Crippen LogP contribution in [-0.2, 0) is 28.8 Å². The van der Waals surface area contributed by atoms with Crippen LogP contribution in [0.5, 0.6) is 0 Å². The Morgan fingerprint density at radius 2 is 1.11 bits per heavy atom. The monoisotopic (exact) mass is 656 g/mol. The van der Waals surface area contributed by atoms with Crippen LogP contribution in [0.25, 0.3) is 0 Å². The quantitative estimate of drug-likeness (QED) is 0.133. The number of aliphatic hydroxyl groups is 1. The molecule has 0 aliphatic rings. The number of nitrogens with zero attached hydrogens (tertiary/aromatic N) is 3. The first-order valence-corrected chi connectivity index (χ1v) is 16.2. The zero-order valence-corrected chi connectivity index (χ0v) is 29.9. The number of rotatable bonds is 19. The fourth-order valence-corrected chi connectivity index (χ4v) is 4.94. The van der Waals surface area contributed by atoms with Crippen molar-refractivity contribution in [1.29, 1.82) is 0 Å². The van der Waals surface area contributed by atoms with E-state index in [1.807, 2.05) is 41.5 Å². The second-order valence-electron chi connectivity index (χ2n) is 13.3. The first-order chi connectivity index (χ1) is 21.1. The Morgan fingerprint density at radius 1 is 0.652 bits per heavy atom. The van der Waals surface area contributed by atoms with Crippen LogP contribution in [-0.4, -0.2) is 124 Å². The fraction of sp³-hybridized carbons (Fsp3) is 0.812. The zero-order chi connectivity index (χ0) is 36.2. The van der Waals surface area contributed by atoms with Gasteiger partial charge in [0.15, 0.2) is 6.04 Å². The zero-order valence-electron chi connectivity index (χ0n) is 29.9. The van der Waals surface area contributed by atoms with Crippen LogP contribution in [0.15, 0.2) is 0 Å². The lowest BCUT2D eigenvalue weighted by Crippen LogP contribution is -2.60. The van der Waals surface area contributed by atoms with Crippen molar-refractivity contribution in [2.24, 2.45) is 23.5 Å². The standard InChI is InChI=1S/C32H60N6O8/c1-13-19(7)25(34-27(40)22(33)14-2)31(44)38(12)24(16-18(5)6)30(43)36(10)20(8)29(42)37(11)23(15-17(3)4)28(41)35-26(21(9)39)32(45)46/h17-26,39H,13-16,33H2,1-12H3,(H,34,40)(H,35,41)(H,45,46)/t19-,20-,21+,22-,23-,24-,25-,26-/m0/s1. The van der Waals surface area contributed by atoms with Gasteiger partial charge in [0.05, 0.1) is 12.1 Å². The smallest absolute Gasteiger partial charge is 0.328 e. The van der Waals surface area contributed by atoms with Gasteiger partial charge in [-0.15, -0.1) is 0 Å². The summed E-state index contributed by atoms with van der Waals surface area (Å²) in [6.45, 7) is 15.7. The second kappa shape index (κ2) is 19.4. The predicted octanol–water partition coefficient (Wildman–Crippen LogP) is 0.798. The average molecular weight is 657 g/mol. The van der Waals surface area contributed by atoms with Gasteiger partial charge in [-0.05, 0) is 50.9 Å². The molecule has 5 amide bonds. The lowest BCUT2D eigenvalue weighted by atomic mass is 9.95. The van der Waals surface area contributed by atoms with Crippen molar-refractivity contribution in [1.82, 2.24) is 25.3 Å². The van der Waals surface area contributed by atoms with E-state index in [-0.39, 0.29) is 30.6 Å². The van der Waals surface area contributed by atoms with Crippen molar-refractivity contribution in [2.75, 3.05) is 21.1 Å². The number of hydrogen-bond donors (Lipinski definition) is 5. The Morgan fingerprint density at radius 3 is 1.52 bits per heavy atom.